The molecular formula is C13H19F5O4Si. The minimum atomic E-state index is -5.15. The van der Waals surface area contributed by atoms with E-state index in [-0.39, 0.29) is 0 Å². The molecule has 134 valence electrons. The summed E-state index contributed by atoms with van der Waals surface area (Å²) in [7, 11) is -2.89. The van der Waals surface area contributed by atoms with Gasteiger partial charge in [-0.2, -0.15) is 13.2 Å². The van der Waals surface area contributed by atoms with Gasteiger partial charge < -0.3 is 14.2 Å². The predicted molar refractivity (Wildman–Crippen MR) is 73.6 cm³/mol. The van der Waals surface area contributed by atoms with Crippen LogP contribution in [0.1, 0.15) is 20.8 Å². The number of hydrogen-bond donors (Lipinski definition) is 0. The molecule has 0 aromatic rings. The number of ether oxygens (including phenoxy) is 3. The molecule has 0 aromatic heterocycles. The van der Waals surface area contributed by atoms with Crippen LogP contribution in [-0.2, 0) is 14.2 Å². The molecule has 1 fully saturated rings. The Balaban J connectivity index is 2.99. The van der Waals surface area contributed by atoms with Gasteiger partial charge in [-0.25, -0.2) is 13.6 Å². The molecule has 1 atom stereocenters. The highest BCUT2D eigenvalue weighted by Crippen LogP contribution is 2.43. The average Bonchev–Trinajstić information content (AvgIpc) is 2.76. The van der Waals surface area contributed by atoms with E-state index in [1.54, 1.807) is 33.9 Å². The number of halogens is 5. The maximum absolute atomic E-state index is 14.3. The van der Waals surface area contributed by atoms with Crippen LogP contribution in [0.25, 0.3) is 0 Å². The van der Waals surface area contributed by atoms with Gasteiger partial charge in [0.1, 0.15) is 20.1 Å². The van der Waals surface area contributed by atoms with Crippen molar-refractivity contribution < 1.29 is 41.0 Å². The molecule has 1 rings (SSSR count). The fraction of sp³-hybridized carbons (Fsp3) is 0.769. The number of carbonyl (C=O) groups is 1. The second-order valence-corrected chi connectivity index (χ2v) is 12.0. The van der Waals surface area contributed by atoms with Crippen LogP contribution >= 0.6 is 0 Å². The Kier molecular flexibility index (Phi) is 5.22. The fourth-order valence-electron chi connectivity index (χ4n) is 1.55. The molecule has 0 amide bonds. The van der Waals surface area contributed by atoms with Gasteiger partial charge in [0.25, 0.3) is 0 Å². The largest absolute Gasteiger partial charge is 0.511 e. The summed E-state index contributed by atoms with van der Waals surface area (Å²) >= 11 is 0. The first-order chi connectivity index (χ1) is 10.1. The van der Waals surface area contributed by atoms with Crippen molar-refractivity contribution in [3.05, 3.63) is 11.3 Å². The number of alkyl halides is 3. The summed E-state index contributed by atoms with van der Waals surface area (Å²) < 4.78 is 79.6. The smallest absolute Gasteiger partial charge is 0.427 e. The van der Waals surface area contributed by atoms with Gasteiger partial charge in [0, 0.05) is 0 Å². The highest BCUT2D eigenvalue weighted by Gasteiger charge is 2.65. The van der Waals surface area contributed by atoms with E-state index >= 15 is 0 Å². The molecule has 0 N–H and O–H groups in total. The van der Waals surface area contributed by atoms with E-state index < -0.39 is 55.7 Å². The Labute approximate surface area is 131 Å². The lowest BCUT2D eigenvalue weighted by molar-refractivity contribution is -0.348. The van der Waals surface area contributed by atoms with Gasteiger partial charge in [-0.05, 0) is 5.04 Å². The third kappa shape index (κ3) is 3.85. The van der Waals surface area contributed by atoms with Crippen LogP contribution in [0.3, 0.4) is 0 Å². The van der Waals surface area contributed by atoms with Crippen LogP contribution in [0.4, 0.5) is 26.7 Å². The van der Waals surface area contributed by atoms with E-state index in [1.807, 2.05) is 0 Å². The SMILES string of the molecule is CC(C)(C)[Si](C)(C)/C(F)=C(\F)COC1(C(F)(F)F)COC(=O)O1. The molecule has 23 heavy (non-hydrogen) atoms. The second kappa shape index (κ2) is 6.04. The lowest BCUT2D eigenvalue weighted by atomic mass is 10.2. The molecule has 0 aliphatic carbocycles. The van der Waals surface area contributed by atoms with Crippen molar-refractivity contribution in [2.75, 3.05) is 13.2 Å². The van der Waals surface area contributed by atoms with E-state index in [0.29, 0.717) is 0 Å². The zero-order chi connectivity index (χ0) is 18.3. The summed E-state index contributed by atoms with van der Waals surface area (Å²) in [5.41, 5.74) is -1.09. The van der Waals surface area contributed by atoms with Crippen molar-refractivity contribution in [1.29, 1.82) is 0 Å². The van der Waals surface area contributed by atoms with E-state index in [4.69, 9.17) is 0 Å². The third-order valence-corrected chi connectivity index (χ3v) is 9.27. The van der Waals surface area contributed by atoms with E-state index in [1.165, 1.54) is 0 Å². The summed E-state index contributed by atoms with van der Waals surface area (Å²) in [6, 6.07) is 0. The standard InChI is InChI=1S/C13H19F5O4Si/c1-11(2,3)23(4,5)9(15)8(14)6-21-12(13(16,17)18)7-20-10(19)22-12/h6-7H2,1-5H3/b9-8-. The Morgan fingerprint density at radius 1 is 1.26 bits per heavy atom. The fourth-order valence-corrected chi connectivity index (χ4v) is 2.96. The summed E-state index contributed by atoms with van der Waals surface area (Å²) in [5, 5.41) is -0.556. The Bertz CT molecular complexity index is 509. The van der Waals surface area contributed by atoms with Crippen LogP contribution in [0, 0.1) is 0 Å². The Morgan fingerprint density at radius 2 is 1.78 bits per heavy atom. The molecule has 0 aromatic carbocycles. The maximum Gasteiger partial charge on any atom is 0.511 e. The van der Waals surface area contributed by atoms with E-state index in [2.05, 4.69) is 14.2 Å². The number of hydrogen-bond acceptors (Lipinski definition) is 4. The average molecular weight is 362 g/mol. The lowest BCUT2D eigenvalue weighted by Gasteiger charge is -2.35. The number of carbonyl (C=O) groups excluding carboxylic acids is 1. The first-order valence-electron chi connectivity index (χ1n) is 6.75. The topological polar surface area (TPSA) is 44.8 Å². The minimum Gasteiger partial charge on any atom is -0.427 e. The summed E-state index contributed by atoms with van der Waals surface area (Å²) in [5.74, 6) is -4.86. The van der Waals surface area contributed by atoms with Crippen molar-refractivity contribution in [2.24, 2.45) is 0 Å². The van der Waals surface area contributed by atoms with Crippen LogP contribution in [0.15, 0.2) is 11.3 Å². The lowest BCUT2D eigenvalue weighted by Crippen LogP contribution is -2.50. The molecule has 0 spiro atoms. The molecule has 0 bridgehead atoms. The maximum atomic E-state index is 14.3. The molecule has 1 unspecified atom stereocenters. The minimum absolute atomic E-state index is 0.556. The first kappa shape index (κ1) is 19.9. The van der Waals surface area contributed by atoms with Gasteiger partial charge in [-0.15, -0.1) is 0 Å². The quantitative estimate of drug-likeness (QED) is 0.416. The highest BCUT2D eigenvalue weighted by atomic mass is 28.3. The van der Waals surface area contributed by atoms with Gasteiger partial charge >= 0.3 is 18.1 Å². The monoisotopic (exact) mass is 362 g/mol. The zero-order valence-electron chi connectivity index (χ0n) is 13.4. The van der Waals surface area contributed by atoms with Crippen LogP contribution in [-0.4, -0.2) is 39.4 Å². The van der Waals surface area contributed by atoms with Crippen LogP contribution < -0.4 is 0 Å². The Hall–Kier alpha value is -1.16. The molecule has 0 saturated carbocycles. The molecule has 10 heteroatoms. The second-order valence-electron chi connectivity index (χ2n) is 6.77. The van der Waals surface area contributed by atoms with E-state index in [0.717, 1.165) is 0 Å². The van der Waals surface area contributed by atoms with Gasteiger partial charge in [0.2, 0.25) is 0 Å². The van der Waals surface area contributed by atoms with Crippen LogP contribution in [0.2, 0.25) is 18.1 Å². The molecule has 1 aliphatic rings. The third-order valence-electron chi connectivity index (χ3n) is 4.15. The predicted octanol–water partition coefficient (Wildman–Crippen LogP) is 4.63. The van der Waals surface area contributed by atoms with Crippen molar-refractivity contribution in [3.8, 4) is 0 Å². The van der Waals surface area contributed by atoms with Gasteiger partial charge in [-0.1, -0.05) is 33.9 Å². The molecule has 0 radical (unpaired) electrons. The molecule has 4 nitrogen and oxygen atoms in total. The van der Waals surface area contributed by atoms with Crippen LogP contribution in [0.5, 0.6) is 0 Å². The first-order valence-corrected chi connectivity index (χ1v) is 9.75. The molecule has 1 aliphatic heterocycles. The zero-order valence-corrected chi connectivity index (χ0v) is 14.4. The van der Waals surface area contributed by atoms with Crippen molar-refractivity contribution in [2.45, 2.75) is 50.9 Å². The molecule has 1 heterocycles. The van der Waals surface area contributed by atoms with Crippen molar-refractivity contribution >= 4 is 14.2 Å². The van der Waals surface area contributed by atoms with E-state index in [9.17, 15) is 26.7 Å². The molecular weight excluding hydrogens is 343 g/mol. The highest BCUT2D eigenvalue weighted by molar-refractivity contribution is 6.86. The number of cyclic esters (lactones) is 2. The normalized spacial score (nSPS) is 24.2. The van der Waals surface area contributed by atoms with Gasteiger partial charge in [0.05, 0.1) is 0 Å². The van der Waals surface area contributed by atoms with Crippen molar-refractivity contribution in [3.63, 3.8) is 0 Å². The van der Waals surface area contributed by atoms with Gasteiger partial charge in [0.15, 0.2) is 12.4 Å². The summed E-state index contributed by atoms with van der Waals surface area (Å²) in [6.07, 6.45) is -6.73. The summed E-state index contributed by atoms with van der Waals surface area (Å²) in [4.78, 5) is 10.8. The number of rotatable bonds is 4. The van der Waals surface area contributed by atoms with Crippen molar-refractivity contribution in [1.82, 2.24) is 0 Å². The Morgan fingerprint density at radius 3 is 2.13 bits per heavy atom. The molecule has 1 saturated heterocycles. The van der Waals surface area contributed by atoms with Gasteiger partial charge in [-0.3, -0.25) is 0 Å². The summed E-state index contributed by atoms with van der Waals surface area (Å²) in [6.45, 7) is 5.68.